The monoisotopic (exact) mass is 276 g/mol. The highest BCUT2D eigenvalue weighted by Crippen LogP contribution is 2.26. The Morgan fingerprint density at radius 3 is 2.95 bits per heavy atom. The van der Waals surface area contributed by atoms with E-state index >= 15 is 0 Å². The van der Waals surface area contributed by atoms with E-state index in [2.05, 4.69) is 0 Å². The third-order valence-corrected chi connectivity index (χ3v) is 3.78. The van der Waals surface area contributed by atoms with Gasteiger partial charge in [0.05, 0.1) is 18.6 Å². The quantitative estimate of drug-likeness (QED) is 0.792. The number of hydrogen-bond donors (Lipinski definition) is 0. The maximum atomic E-state index is 14.0. The van der Waals surface area contributed by atoms with E-state index in [0.29, 0.717) is 18.7 Å². The molecular formula is C15H17FN2O2. The minimum absolute atomic E-state index is 0.0549. The molecule has 0 radical (unpaired) electrons. The van der Waals surface area contributed by atoms with E-state index in [1.807, 2.05) is 17.9 Å². The Bertz CT molecular complexity index is 553. The second-order valence-electron chi connectivity index (χ2n) is 5.19. The molecule has 1 aromatic carbocycles. The van der Waals surface area contributed by atoms with E-state index in [4.69, 9.17) is 10.00 Å². The molecular weight excluding hydrogens is 259 g/mol. The van der Waals surface area contributed by atoms with Crippen molar-refractivity contribution in [3.8, 4) is 6.07 Å². The van der Waals surface area contributed by atoms with Crippen molar-refractivity contribution in [3.63, 3.8) is 0 Å². The molecule has 0 saturated carbocycles. The number of benzene rings is 1. The van der Waals surface area contributed by atoms with Crippen LogP contribution in [0, 0.1) is 29.0 Å². The molecule has 0 aliphatic carbocycles. The number of likely N-dealkylation sites (tertiary alicyclic amines) is 1. The van der Waals surface area contributed by atoms with Gasteiger partial charge in [0.2, 0.25) is 0 Å². The van der Waals surface area contributed by atoms with E-state index in [-0.39, 0.29) is 23.4 Å². The number of nitrogens with zero attached hydrogens (tertiary/aromatic N) is 2. The molecule has 1 aliphatic heterocycles. The summed E-state index contributed by atoms with van der Waals surface area (Å²) in [5, 5.41) is 8.83. The first-order valence-electron chi connectivity index (χ1n) is 6.54. The number of halogens is 1. The van der Waals surface area contributed by atoms with Gasteiger partial charge in [0.25, 0.3) is 0 Å². The summed E-state index contributed by atoms with van der Waals surface area (Å²) in [6.45, 7) is 3.67. The van der Waals surface area contributed by atoms with Gasteiger partial charge in [-0.05, 0) is 12.0 Å². The van der Waals surface area contributed by atoms with Crippen LogP contribution in [0.2, 0.25) is 0 Å². The summed E-state index contributed by atoms with van der Waals surface area (Å²) in [6, 6.07) is 6.65. The lowest BCUT2D eigenvalue weighted by Crippen LogP contribution is -2.24. The Hall–Kier alpha value is -1.93. The summed E-state index contributed by atoms with van der Waals surface area (Å²) in [5.74, 6) is -0.665. The zero-order chi connectivity index (χ0) is 14.7. The number of ether oxygens (including phenoxy) is 1. The molecule has 1 aromatic rings. The molecule has 1 fully saturated rings. The van der Waals surface area contributed by atoms with Crippen molar-refractivity contribution < 1.29 is 13.9 Å². The lowest BCUT2D eigenvalue weighted by molar-refractivity contribution is -0.146. The molecule has 4 nitrogen and oxygen atoms in total. The molecule has 0 spiro atoms. The molecule has 20 heavy (non-hydrogen) atoms. The van der Waals surface area contributed by atoms with Gasteiger partial charge in [-0.3, -0.25) is 9.69 Å². The summed E-state index contributed by atoms with van der Waals surface area (Å²) in [4.78, 5) is 13.6. The van der Waals surface area contributed by atoms with Gasteiger partial charge in [0.1, 0.15) is 11.9 Å². The highest BCUT2D eigenvalue weighted by molar-refractivity contribution is 5.73. The summed E-state index contributed by atoms with van der Waals surface area (Å²) in [7, 11) is 1.38. The minimum Gasteiger partial charge on any atom is -0.469 e. The number of carbonyl (C=O) groups is 1. The van der Waals surface area contributed by atoms with Gasteiger partial charge in [0, 0.05) is 25.2 Å². The van der Waals surface area contributed by atoms with Gasteiger partial charge in [-0.25, -0.2) is 4.39 Å². The normalized spacial score (nSPS) is 22.5. The van der Waals surface area contributed by atoms with Gasteiger partial charge >= 0.3 is 5.97 Å². The summed E-state index contributed by atoms with van der Waals surface area (Å²) in [5.41, 5.74) is 0.543. The number of esters is 1. The molecule has 0 bridgehead atoms. The summed E-state index contributed by atoms with van der Waals surface area (Å²) < 4.78 is 18.8. The summed E-state index contributed by atoms with van der Waals surface area (Å²) >= 11 is 0. The van der Waals surface area contributed by atoms with Crippen molar-refractivity contribution in [1.82, 2.24) is 4.90 Å². The Labute approximate surface area is 117 Å². The van der Waals surface area contributed by atoms with Crippen LogP contribution in [0.1, 0.15) is 18.1 Å². The topological polar surface area (TPSA) is 53.3 Å². The van der Waals surface area contributed by atoms with Crippen molar-refractivity contribution in [1.29, 1.82) is 5.26 Å². The van der Waals surface area contributed by atoms with E-state index < -0.39 is 5.82 Å². The van der Waals surface area contributed by atoms with Gasteiger partial charge < -0.3 is 4.74 Å². The smallest absolute Gasteiger partial charge is 0.310 e. The molecule has 106 valence electrons. The van der Waals surface area contributed by atoms with Gasteiger partial charge in [-0.15, -0.1) is 0 Å². The molecule has 1 aliphatic rings. The predicted molar refractivity (Wildman–Crippen MR) is 71.1 cm³/mol. The molecule has 1 saturated heterocycles. The first-order chi connectivity index (χ1) is 9.56. The van der Waals surface area contributed by atoms with Crippen LogP contribution < -0.4 is 0 Å². The largest absolute Gasteiger partial charge is 0.469 e. The van der Waals surface area contributed by atoms with Crippen LogP contribution in [0.4, 0.5) is 4.39 Å². The fourth-order valence-electron chi connectivity index (χ4n) is 2.68. The number of carbonyl (C=O) groups excluding carboxylic acids is 1. The first-order valence-corrected chi connectivity index (χ1v) is 6.54. The zero-order valence-electron chi connectivity index (χ0n) is 11.6. The third-order valence-electron chi connectivity index (χ3n) is 3.78. The Balaban J connectivity index is 2.09. The van der Waals surface area contributed by atoms with Crippen molar-refractivity contribution in [3.05, 3.63) is 35.1 Å². The fraction of sp³-hybridized carbons (Fsp3) is 0.467. The number of methoxy groups -OCH3 is 1. The highest BCUT2D eigenvalue weighted by Gasteiger charge is 2.35. The van der Waals surface area contributed by atoms with Crippen molar-refractivity contribution in [2.24, 2.45) is 11.8 Å². The van der Waals surface area contributed by atoms with Crippen LogP contribution in [0.3, 0.4) is 0 Å². The molecule has 2 unspecified atom stereocenters. The first kappa shape index (κ1) is 14.5. The second kappa shape index (κ2) is 6.02. The van der Waals surface area contributed by atoms with Crippen LogP contribution >= 0.6 is 0 Å². The second-order valence-corrected chi connectivity index (χ2v) is 5.19. The van der Waals surface area contributed by atoms with E-state index in [1.165, 1.54) is 13.2 Å². The molecule has 2 atom stereocenters. The van der Waals surface area contributed by atoms with E-state index in [1.54, 1.807) is 12.1 Å². The molecule has 0 aromatic heterocycles. The average Bonchev–Trinajstić information content (AvgIpc) is 2.81. The van der Waals surface area contributed by atoms with Crippen LogP contribution in [0.5, 0.6) is 0 Å². The van der Waals surface area contributed by atoms with Crippen LogP contribution in [-0.2, 0) is 16.1 Å². The fourth-order valence-corrected chi connectivity index (χ4v) is 2.68. The number of nitriles is 1. The number of rotatable bonds is 3. The molecule has 0 amide bonds. The molecule has 5 heteroatoms. The standard InChI is InChI=1S/C15H17FN2O2/c1-10-7-18(9-13(10)15(19)20-2)8-12-5-3-4-11(6-17)14(12)16/h3-5,10,13H,7-9H2,1-2H3. The Morgan fingerprint density at radius 1 is 1.55 bits per heavy atom. The number of hydrogen-bond acceptors (Lipinski definition) is 4. The maximum Gasteiger partial charge on any atom is 0.310 e. The van der Waals surface area contributed by atoms with Gasteiger partial charge in [-0.2, -0.15) is 5.26 Å². The average molecular weight is 276 g/mol. The van der Waals surface area contributed by atoms with Crippen molar-refractivity contribution in [2.45, 2.75) is 13.5 Å². The minimum atomic E-state index is -0.468. The Morgan fingerprint density at radius 2 is 2.30 bits per heavy atom. The highest BCUT2D eigenvalue weighted by atomic mass is 19.1. The van der Waals surface area contributed by atoms with Gasteiger partial charge in [0.15, 0.2) is 0 Å². The van der Waals surface area contributed by atoms with E-state index in [0.717, 1.165) is 6.54 Å². The predicted octanol–water partition coefficient (Wildman–Crippen LogP) is 1.94. The lowest BCUT2D eigenvalue weighted by atomic mass is 9.99. The van der Waals surface area contributed by atoms with E-state index in [9.17, 15) is 9.18 Å². The van der Waals surface area contributed by atoms with Crippen molar-refractivity contribution >= 4 is 5.97 Å². The zero-order valence-corrected chi connectivity index (χ0v) is 11.6. The third kappa shape index (κ3) is 2.81. The van der Waals surface area contributed by atoms with Gasteiger partial charge in [-0.1, -0.05) is 19.1 Å². The Kier molecular flexibility index (Phi) is 4.35. The molecule has 2 rings (SSSR count). The van der Waals surface area contributed by atoms with Crippen LogP contribution in [-0.4, -0.2) is 31.1 Å². The summed E-state index contributed by atoms with van der Waals surface area (Å²) in [6.07, 6.45) is 0. The van der Waals surface area contributed by atoms with Crippen LogP contribution in [0.15, 0.2) is 18.2 Å². The maximum absolute atomic E-state index is 14.0. The van der Waals surface area contributed by atoms with Crippen LogP contribution in [0.25, 0.3) is 0 Å². The molecule has 0 N–H and O–H groups in total. The van der Waals surface area contributed by atoms with Crippen molar-refractivity contribution in [2.75, 3.05) is 20.2 Å². The lowest BCUT2D eigenvalue weighted by Gasteiger charge is -2.16. The SMILES string of the molecule is COC(=O)C1CN(Cc2cccc(C#N)c2F)CC1C. The molecule has 1 heterocycles.